The molecule has 0 saturated carbocycles. The SMILES string of the molecule is CC(C)[C@@H]1CN(c2ccc(Nc3cc(Oc4ccc(C#N)nc4)nc4nc[nH]c34)nn2)CCO1. The lowest BCUT2D eigenvalue weighted by Gasteiger charge is -2.35. The van der Waals surface area contributed by atoms with Gasteiger partial charge in [-0.3, -0.25) is 0 Å². The summed E-state index contributed by atoms with van der Waals surface area (Å²) in [5, 5.41) is 21.0. The van der Waals surface area contributed by atoms with Crippen LogP contribution in [-0.2, 0) is 4.74 Å². The molecule has 11 nitrogen and oxygen atoms in total. The predicted octanol–water partition coefficient (Wildman–Crippen LogP) is 3.41. The molecule has 4 aromatic rings. The smallest absolute Gasteiger partial charge is 0.223 e. The van der Waals surface area contributed by atoms with Crippen molar-refractivity contribution < 1.29 is 9.47 Å². The van der Waals surface area contributed by atoms with Crippen LogP contribution in [0.15, 0.2) is 42.9 Å². The zero-order valence-electron chi connectivity index (χ0n) is 18.8. The third-order valence-electron chi connectivity index (χ3n) is 5.52. The number of fused-ring (bicyclic) bond motifs is 1. The largest absolute Gasteiger partial charge is 0.437 e. The van der Waals surface area contributed by atoms with E-state index in [1.807, 2.05) is 18.2 Å². The molecule has 11 heteroatoms. The number of nitrogens with zero attached hydrogens (tertiary/aromatic N) is 7. The highest BCUT2D eigenvalue weighted by Gasteiger charge is 2.24. The summed E-state index contributed by atoms with van der Waals surface area (Å²) in [7, 11) is 0. The Hall–Kier alpha value is -4.30. The van der Waals surface area contributed by atoms with Gasteiger partial charge < -0.3 is 24.7 Å². The van der Waals surface area contributed by atoms with Crippen LogP contribution in [0.2, 0.25) is 0 Å². The van der Waals surface area contributed by atoms with Crippen molar-refractivity contribution in [1.29, 1.82) is 5.26 Å². The van der Waals surface area contributed by atoms with Gasteiger partial charge in [-0.15, -0.1) is 10.2 Å². The number of nitrogens with one attached hydrogen (secondary N) is 2. The van der Waals surface area contributed by atoms with Crippen molar-refractivity contribution in [3.8, 4) is 17.7 Å². The van der Waals surface area contributed by atoms with Crippen LogP contribution in [0.3, 0.4) is 0 Å². The topological polar surface area (TPSA) is 138 Å². The average molecular weight is 457 g/mol. The number of nitriles is 1. The third kappa shape index (κ3) is 4.57. The molecule has 5 heterocycles. The van der Waals surface area contributed by atoms with Gasteiger partial charge in [-0.25, -0.2) is 9.97 Å². The van der Waals surface area contributed by atoms with Gasteiger partial charge in [-0.1, -0.05) is 13.8 Å². The highest BCUT2D eigenvalue weighted by atomic mass is 16.5. The number of morpholine rings is 1. The molecule has 0 aliphatic carbocycles. The minimum Gasteiger partial charge on any atom is -0.437 e. The van der Waals surface area contributed by atoms with E-state index >= 15 is 0 Å². The fraction of sp³-hybridized carbons (Fsp3) is 0.304. The number of rotatable bonds is 6. The predicted molar refractivity (Wildman–Crippen MR) is 125 cm³/mol. The first-order valence-corrected chi connectivity index (χ1v) is 10.9. The van der Waals surface area contributed by atoms with E-state index < -0.39 is 0 Å². The van der Waals surface area contributed by atoms with Crippen molar-refractivity contribution in [3.05, 3.63) is 48.5 Å². The Bertz CT molecular complexity index is 1310. The van der Waals surface area contributed by atoms with Crippen molar-refractivity contribution in [2.45, 2.75) is 20.0 Å². The number of pyridine rings is 2. The van der Waals surface area contributed by atoms with Crippen LogP contribution < -0.4 is 15.0 Å². The molecule has 0 aromatic carbocycles. The highest BCUT2D eigenvalue weighted by Crippen LogP contribution is 2.29. The maximum Gasteiger partial charge on any atom is 0.223 e. The van der Waals surface area contributed by atoms with Gasteiger partial charge in [0, 0.05) is 19.2 Å². The fourth-order valence-electron chi connectivity index (χ4n) is 3.67. The molecule has 0 amide bonds. The van der Waals surface area contributed by atoms with Crippen LogP contribution in [0.4, 0.5) is 17.3 Å². The number of aromatic amines is 1. The lowest BCUT2D eigenvalue weighted by molar-refractivity contribution is 0.0111. The van der Waals surface area contributed by atoms with Gasteiger partial charge in [-0.05, 0) is 30.2 Å². The van der Waals surface area contributed by atoms with Crippen LogP contribution in [0.25, 0.3) is 11.2 Å². The second-order valence-corrected chi connectivity index (χ2v) is 8.20. The zero-order valence-corrected chi connectivity index (χ0v) is 18.8. The van der Waals surface area contributed by atoms with Crippen molar-refractivity contribution in [1.82, 2.24) is 30.1 Å². The van der Waals surface area contributed by atoms with Crippen molar-refractivity contribution in [3.63, 3.8) is 0 Å². The van der Waals surface area contributed by atoms with Gasteiger partial charge in [0.05, 0.1) is 30.9 Å². The summed E-state index contributed by atoms with van der Waals surface area (Å²) in [5.74, 6) is 2.62. The minimum atomic E-state index is 0.184. The Kier molecular flexibility index (Phi) is 5.88. The summed E-state index contributed by atoms with van der Waals surface area (Å²) in [6.45, 7) is 6.58. The van der Waals surface area contributed by atoms with Gasteiger partial charge >= 0.3 is 0 Å². The molecular formula is C23H23N9O2. The molecule has 5 rings (SSSR count). The number of aromatic nitrogens is 6. The number of H-pyrrole nitrogens is 1. The molecule has 172 valence electrons. The zero-order chi connectivity index (χ0) is 23.5. The molecule has 2 N–H and O–H groups in total. The molecule has 1 aliphatic heterocycles. The Balaban J connectivity index is 1.35. The standard InChI is InChI=1S/C23H23N9O2/c1-14(2)18-12-32(7-8-33-18)20-6-5-19(30-31-20)28-17-9-21(29-23-22(17)26-13-27-23)34-16-4-3-15(10-24)25-11-16/h3-6,9,11,13-14,18H,7-8,12H2,1-2H3,(H2,26,27,28,29,30)/t18-/m0/s1. The fourth-order valence-corrected chi connectivity index (χ4v) is 3.67. The number of imidazole rings is 1. The number of anilines is 3. The number of hydrogen-bond donors (Lipinski definition) is 2. The Morgan fingerprint density at radius 2 is 2.15 bits per heavy atom. The molecule has 1 fully saturated rings. The molecule has 4 aromatic heterocycles. The quantitative estimate of drug-likeness (QED) is 0.443. The van der Waals surface area contributed by atoms with Crippen LogP contribution >= 0.6 is 0 Å². The van der Waals surface area contributed by atoms with Crippen LogP contribution in [0.1, 0.15) is 19.5 Å². The first-order valence-electron chi connectivity index (χ1n) is 10.9. The maximum absolute atomic E-state index is 8.91. The van der Waals surface area contributed by atoms with E-state index in [9.17, 15) is 0 Å². The first-order chi connectivity index (χ1) is 16.6. The monoisotopic (exact) mass is 457 g/mol. The summed E-state index contributed by atoms with van der Waals surface area (Å²) in [4.78, 5) is 18.0. The molecule has 0 radical (unpaired) electrons. The Labute approximate surface area is 195 Å². The Morgan fingerprint density at radius 1 is 1.24 bits per heavy atom. The van der Waals surface area contributed by atoms with Crippen LogP contribution in [0.5, 0.6) is 11.6 Å². The van der Waals surface area contributed by atoms with Crippen LogP contribution in [0, 0.1) is 17.2 Å². The lowest BCUT2D eigenvalue weighted by Crippen LogP contribution is -2.45. The summed E-state index contributed by atoms with van der Waals surface area (Å²) < 4.78 is 11.7. The molecule has 1 aliphatic rings. The minimum absolute atomic E-state index is 0.184. The van der Waals surface area contributed by atoms with Gasteiger partial charge in [0.2, 0.25) is 5.88 Å². The van der Waals surface area contributed by atoms with E-state index in [0.717, 1.165) is 18.9 Å². The lowest BCUT2D eigenvalue weighted by atomic mass is 10.1. The van der Waals surface area contributed by atoms with E-state index in [4.69, 9.17) is 14.7 Å². The van der Waals surface area contributed by atoms with Crippen molar-refractivity contribution in [2.24, 2.45) is 5.92 Å². The van der Waals surface area contributed by atoms with Crippen molar-refractivity contribution in [2.75, 3.05) is 29.9 Å². The van der Waals surface area contributed by atoms with E-state index in [1.54, 1.807) is 24.5 Å². The first kappa shape index (κ1) is 21.5. The molecular weight excluding hydrogens is 434 g/mol. The third-order valence-corrected chi connectivity index (χ3v) is 5.52. The van der Waals surface area contributed by atoms with E-state index in [0.29, 0.717) is 52.5 Å². The van der Waals surface area contributed by atoms with Gasteiger partial charge in [0.15, 0.2) is 17.3 Å². The highest BCUT2D eigenvalue weighted by molar-refractivity contribution is 5.88. The summed E-state index contributed by atoms with van der Waals surface area (Å²) in [6, 6.07) is 10.8. The molecule has 34 heavy (non-hydrogen) atoms. The van der Waals surface area contributed by atoms with Crippen LogP contribution in [-0.4, -0.2) is 55.9 Å². The van der Waals surface area contributed by atoms with E-state index in [2.05, 4.69) is 54.2 Å². The van der Waals surface area contributed by atoms with Gasteiger partial charge in [0.25, 0.3) is 0 Å². The molecule has 1 saturated heterocycles. The normalized spacial score (nSPS) is 15.9. The van der Waals surface area contributed by atoms with Crippen molar-refractivity contribution >= 4 is 28.5 Å². The Morgan fingerprint density at radius 3 is 2.88 bits per heavy atom. The number of hydrogen-bond acceptors (Lipinski definition) is 10. The van der Waals surface area contributed by atoms with Gasteiger partial charge in [-0.2, -0.15) is 10.2 Å². The summed E-state index contributed by atoms with van der Waals surface area (Å²) in [5.41, 5.74) is 2.19. The van der Waals surface area contributed by atoms with E-state index in [1.165, 1.54) is 6.20 Å². The second kappa shape index (κ2) is 9.29. The summed E-state index contributed by atoms with van der Waals surface area (Å²) >= 11 is 0. The maximum atomic E-state index is 8.91. The molecule has 0 spiro atoms. The second-order valence-electron chi connectivity index (χ2n) is 8.20. The van der Waals surface area contributed by atoms with E-state index in [-0.39, 0.29) is 6.10 Å². The summed E-state index contributed by atoms with van der Waals surface area (Å²) in [6.07, 6.45) is 3.22. The molecule has 1 atom stereocenters. The number of ether oxygens (including phenoxy) is 2. The molecule has 0 bridgehead atoms. The van der Waals surface area contributed by atoms with Gasteiger partial charge in [0.1, 0.15) is 23.0 Å². The average Bonchev–Trinajstić information content (AvgIpc) is 3.34. The molecule has 0 unspecified atom stereocenters.